The van der Waals surface area contributed by atoms with Crippen LogP contribution in [0.1, 0.15) is 13.3 Å². The number of rotatable bonds is 0. The quantitative estimate of drug-likeness (QED) is 0.495. The molecule has 1 N–H and O–H groups in total. The summed E-state index contributed by atoms with van der Waals surface area (Å²) in [4.78, 5) is 0. The zero-order valence-electron chi connectivity index (χ0n) is 4.72. The molecule has 0 aromatic rings. The fraction of sp³-hybridized carbons (Fsp3) is 1.00. The highest BCUT2D eigenvalue weighted by atomic mass is 32.2. The van der Waals surface area contributed by atoms with Crippen LogP contribution in [-0.2, 0) is 10.0 Å². The summed E-state index contributed by atoms with van der Waals surface area (Å²) < 4.78 is 23.5. The van der Waals surface area contributed by atoms with Gasteiger partial charge in [-0.3, -0.25) is 0 Å². The van der Waals surface area contributed by atoms with Crippen molar-refractivity contribution in [2.24, 2.45) is 0 Å². The van der Waals surface area contributed by atoms with E-state index in [1.54, 1.807) is 0 Å². The molecule has 3 nitrogen and oxygen atoms in total. The maximum Gasteiger partial charge on any atom is 0.211 e. The Balaban J connectivity index is 2.71. The van der Waals surface area contributed by atoms with Crippen molar-refractivity contribution in [3.05, 3.63) is 0 Å². The Hall–Kier alpha value is -0.0900. The Labute approximate surface area is 49.1 Å². The van der Waals surface area contributed by atoms with Crippen molar-refractivity contribution in [1.82, 2.24) is 4.72 Å². The van der Waals surface area contributed by atoms with Gasteiger partial charge >= 0.3 is 0 Å². The van der Waals surface area contributed by atoms with Crippen LogP contribution in [0, 0.1) is 0 Å². The number of hydrogen-bond acceptors (Lipinski definition) is 2. The van der Waals surface area contributed by atoms with E-state index in [0.717, 1.165) is 6.42 Å². The summed E-state index contributed by atoms with van der Waals surface area (Å²) in [6, 6.07) is 0.153. The molecule has 1 aliphatic rings. The maximum atomic E-state index is 10.5. The standard InChI is InChI=1S/C4H9NO2S/c1-4-2-3-8(6,7)5-4/h4-5H,2-3H2,1H3. The summed E-state index contributed by atoms with van der Waals surface area (Å²) in [6.07, 6.45) is 0.752. The van der Waals surface area contributed by atoms with E-state index in [1.807, 2.05) is 6.92 Å². The summed E-state index contributed by atoms with van der Waals surface area (Å²) in [7, 11) is -2.85. The van der Waals surface area contributed by atoms with Gasteiger partial charge in [-0.15, -0.1) is 0 Å². The SMILES string of the molecule is CC1CCS(=O)(=O)N1. The zero-order valence-corrected chi connectivity index (χ0v) is 5.53. The second kappa shape index (κ2) is 1.70. The average molecular weight is 135 g/mol. The molecule has 1 atom stereocenters. The first-order valence-electron chi connectivity index (χ1n) is 2.60. The van der Waals surface area contributed by atoms with Crippen LogP contribution in [0.2, 0.25) is 0 Å². The molecule has 0 aliphatic carbocycles. The first-order chi connectivity index (χ1) is 3.60. The van der Waals surface area contributed by atoms with Crippen LogP contribution in [0.15, 0.2) is 0 Å². The normalized spacial score (nSPS) is 35.4. The molecule has 1 rings (SSSR count). The molecule has 0 amide bonds. The molecule has 1 aliphatic heterocycles. The number of sulfonamides is 1. The van der Waals surface area contributed by atoms with Crippen LogP contribution in [0.4, 0.5) is 0 Å². The molecule has 0 bridgehead atoms. The molecule has 0 spiro atoms. The maximum absolute atomic E-state index is 10.5. The van der Waals surface area contributed by atoms with Gasteiger partial charge in [-0.25, -0.2) is 13.1 Å². The zero-order chi connectivity index (χ0) is 6.20. The van der Waals surface area contributed by atoms with Gasteiger partial charge in [0.1, 0.15) is 0 Å². The molecule has 8 heavy (non-hydrogen) atoms. The Bertz CT molecular complexity index is 172. The topological polar surface area (TPSA) is 46.2 Å². The van der Waals surface area contributed by atoms with Gasteiger partial charge in [0.25, 0.3) is 0 Å². The molecule has 1 heterocycles. The highest BCUT2D eigenvalue weighted by Gasteiger charge is 2.22. The molecule has 48 valence electrons. The third-order valence-electron chi connectivity index (χ3n) is 1.20. The van der Waals surface area contributed by atoms with E-state index in [1.165, 1.54) is 0 Å². The van der Waals surface area contributed by atoms with E-state index in [-0.39, 0.29) is 6.04 Å². The van der Waals surface area contributed by atoms with Crippen LogP contribution < -0.4 is 4.72 Å². The monoisotopic (exact) mass is 135 g/mol. The van der Waals surface area contributed by atoms with E-state index in [2.05, 4.69) is 4.72 Å². The second-order valence-electron chi connectivity index (χ2n) is 2.13. The molecular weight excluding hydrogens is 126 g/mol. The summed E-state index contributed by atoms with van der Waals surface area (Å²) >= 11 is 0. The minimum absolute atomic E-state index is 0.153. The number of nitrogens with one attached hydrogen (secondary N) is 1. The Morgan fingerprint density at radius 2 is 2.25 bits per heavy atom. The highest BCUT2D eigenvalue weighted by molar-refractivity contribution is 7.89. The average Bonchev–Trinajstić information content (AvgIpc) is 1.82. The summed E-state index contributed by atoms with van der Waals surface area (Å²) in [5.74, 6) is 0.300. The van der Waals surface area contributed by atoms with Gasteiger partial charge in [0.05, 0.1) is 5.75 Å². The van der Waals surface area contributed by atoms with Crippen LogP contribution >= 0.6 is 0 Å². The minimum atomic E-state index is -2.85. The predicted molar refractivity (Wildman–Crippen MR) is 31.0 cm³/mol. The highest BCUT2D eigenvalue weighted by Crippen LogP contribution is 2.04. The summed E-state index contributed by atoms with van der Waals surface area (Å²) in [5, 5.41) is 0. The van der Waals surface area contributed by atoms with Crippen molar-refractivity contribution < 1.29 is 8.42 Å². The largest absolute Gasteiger partial charge is 0.212 e. The lowest BCUT2D eigenvalue weighted by molar-refractivity contribution is 0.588. The van der Waals surface area contributed by atoms with Gasteiger partial charge < -0.3 is 0 Å². The first kappa shape index (κ1) is 6.04. The predicted octanol–water partition coefficient (Wildman–Crippen LogP) is -0.302. The smallest absolute Gasteiger partial charge is 0.211 e. The van der Waals surface area contributed by atoms with E-state index in [9.17, 15) is 8.42 Å². The van der Waals surface area contributed by atoms with E-state index in [0.29, 0.717) is 5.75 Å². The molecule has 0 aromatic carbocycles. The van der Waals surface area contributed by atoms with Crippen molar-refractivity contribution >= 4 is 10.0 Å². The van der Waals surface area contributed by atoms with Crippen LogP contribution in [0.25, 0.3) is 0 Å². The van der Waals surface area contributed by atoms with Gasteiger partial charge in [0.15, 0.2) is 0 Å². The lowest BCUT2D eigenvalue weighted by atomic mass is 10.3. The van der Waals surface area contributed by atoms with E-state index in [4.69, 9.17) is 0 Å². The van der Waals surface area contributed by atoms with Crippen molar-refractivity contribution in [3.63, 3.8) is 0 Å². The molecule has 1 unspecified atom stereocenters. The van der Waals surface area contributed by atoms with E-state index < -0.39 is 10.0 Å². The summed E-state index contributed by atoms with van der Waals surface area (Å²) in [6.45, 7) is 1.87. The minimum Gasteiger partial charge on any atom is -0.212 e. The van der Waals surface area contributed by atoms with Crippen LogP contribution in [0.3, 0.4) is 0 Å². The van der Waals surface area contributed by atoms with Gasteiger partial charge in [0, 0.05) is 6.04 Å². The molecule has 1 saturated heterocycles. The molecule has 0 aromatic heterocycles. The third-order valence-corrected chi connectivity index (χ3v) is 2.73. The fourth-order valence-corrected chi connectivity index (χ4v) is 2.27. The molecule has 0 saturated carbocycles. The number of hydrogen-bond donors (Lipinski definition) is 1. The molecule has 1 fully saturated rings. The first-order valence-corrected chi connectivity index (χ1v) is 4.25. The van der Waals surface area contributed by atoms with Gasteiger partial charge in [0.2, 0.25) is 10.0 Å². The van der Waals surface area contributed by atoms with E-state index >= 15 is 0 Å². The van der Waals surface area contributed by atoms with Crippen molar-refractivity contribution in [2.45, 2.75) is 19.4 Å². The Morgan fingerprint density at radius 1 is 1.62 bits per heavy atom. The fourth-order valence-electron chi connectivity index (χ4n) is 0.756. The van der Waals surface area contributed by atoms with Crippen molar-refractivity contribution in [1.29, 1.82) is 0 Å². The van der Waals surface area contributed by atoms with Crippen LogP contribution in [0.5, 0.6) is 0 Å². The van der Waals surface area contributed by atoms with Crippen molar-refractivity contribution in [2.75, 3.05) is 5.75 Å². The Morgan fingerprint density at radius 3 is 2.38 bits per heavy atom. The van der Waals surface area contributed by atoms with Gasteiger partial charge in [-0.05, 0) is 13.3 Å². The van der Waals surface area contributed by atoms with Gasteiger partial charge in [-0.2, -0.15) is 0 Å². The van der Waals surface area contributed by atoms with Crippen molar-refractivity contribution in [3.8, 4) is 0 Å². The summed E-state index contributed by atoms with van der Waals surface area (Å²) in [5.41, 5.74) is 0. The molecule has 0 radical (unpaired) electrons. The second-order valence-corrected chi connectivity index (χ2v) is 4.00. The van der Waals surface area contributed by atoms with Gasteiger partial charge in [-0.1, -0.05) is 0 Å². The van der Waals surface area contributed by atoms with Crippen LogP contribution in [-0.4, -0.2) is 20.2 Å². The molecular formula is C4H9NO2S. The lowest BCUT2D eigenvalue weighted by Crippen LogP contribution is -2.22. The molecule has 4 heteroatoms. The lowest BCUT2D eigenvalue weighted by Gasteiger charge is -1.94. The Kier molecular flexibility index (Phi) is 1.28. The third kappa shape index (κ3) is 1.20.